The first-order valence-electron chi connectivity index (χ1n) is 5.23. The maximum absolute atomic E-state index is 11.4. The average Bonchev–Trinajstić information content (AvgIpc) is 2.29. The summed E-state index contributed by atoms with van der Waals surface area (Å²) in [7, 11) is 1.41. The SMILES string of the molecule is CCC(Cc1ccc(N)c(S)c1)C(=O)OC. The van der Waals surface area contributed by atoms with E-state index in [1.54, 1.807) is 0 Å². The Hall–Kier alpha value is -1.16. The van der Waals surface area contributed by atoms with Gasteiger partial charge < -0.3 is 10.5 Å². The van der Waals surface area contributed by atoms with E-state index in [9.17, 15) is 4.79 Å². The number of ether oxygens (including phenoxy) is 1. The highest BCUT2D eigenvalue weighted by Crippen LogP contribution is 2.21. The Morgan fingerprint density at radius 1 is 1.56 bits per heavy atom. The van der Waals surface area contributed by atoms with Gasteiger partial charge in [-0.3, -0.25) is 4.79 Å². The number of rotatable bonds is 4. The van der Waals surface area contributed by atoms with E-state index in [0.29, 0.717) is 12.1 Å². The summed E-state index contributed by atoms with van der Waals surface area (Å²) >= 11 is 4.25. The molecular formula is C12H17NO2S. The Morgan fingerprint density at radius 3 is 2.75 bits per heavy atom. The third-order valence-corrected chi connectivity index (χ3v) is 2.99. The number of carbonyl (C=O) groups excluding carboxylic acids is 1. The standard InChI is InChI=1S/C12H17NO2S/c1-3-9(12(14)15-2)6-8-4-5-10(13)11(16)7-8/h4-5,7,9,16H,3,6,13H2,1-2H3. The van der Waals surface area contributed by atoms with Gasteiger partial charge in [-0.1, -0.05) is 13.0 Å². The van der Waals surface area contributed by atoms with Gasteiger partial charge in [0, 0.05) is 10.6 Å². The summed E-state index contributed by atoms with van der Waals surface area (Å²) in [6, 6.07) is 5.62. The van der Waals surface area contributed by atoms with Crippen LogP contribution in [0.5, 0.6) is 0 Å². The molecule has 2 N–H and O–H groups in total. The molecule has 1 aromatic rings. The van der Waals surface area contributed by atoms with Gasteiger partial charge in [-0.15, -0.1) is 12.6 Å². The van der Waals surface area contributed by atoms with Crippen LogP contribution in [-0.2, 0) is 16.0 Å². The van der Waals surface area contributed by atoms with E-state index in [1.165, 1.54) is 7.11 Å². The van der Waals surface area contributed by atoms with Crippen molar-refractivity contribution < 1.29 is 9.53 Å². The predicted molar refractivity (Wildman–Crippen MR) is 67.6 cm³/mol. The van der Waals surface area contributed by atoms with Gasteiger partial charge in [0.1, 0.15) is 0 Å². The number of benzene rings is 1. The minimum Gasteiger partial charge on any atom is -0.469 e. The molecule has 0 fully saturated rings. The minimum atomic E-state index is -0.167. The molecule has 0 bridgehead atoms. The number of hydrogen-bond donors (Lipinski definition) is 2. The van der Waals surface area contributed by atoms with Crippen LogP contribution in [0, 0.1) is 5.92 Å². The molecule has 0 radical (unpaired) electrons. The van der Waals surface area contributed by atoms with E-state index in [-0.39, 0.29) is 11.9 Å². The molecule has 0 amide bonds. The largest absolute Gasteiger partial charge is 0.469 e. The smallest absolute Gasteiger partial charge is 0.308 e. The zero-order valence-corrected chi connectivity index (χ0v) is 10.5. The topological polar surface area (TPSA) is 52.3 Å². The molecule has 0 aliphatic rings. The fourth-order valence-corrected chi connectivity index (χ4v) is 1.80. The maximum atomic E-state index is 11.4. The summed E-state index contributed by atoms with van der Waals surface area (Å²) in [4.78, 5) is 12.2. The van der Waals surface area contributed by atoms with Crippen LogP contribution in [0.1, 0.15) is 18.9 Å². The fraction of sp³-hybridized carbons (Fsp3) is 0.417. The van der Waals surface area contributed by atoms with Gasteiger partial charge in [0.15, 0.2) is 0 Å². The second kappa shape index (κ2) is 5.80. The lowest BCUT2D eigenvalue weighted by atomic mass is 9.97. The first kappa shape index (κ1) is 12.9. The third kappa shape index (κ3) is 3.17. The Bertz CT molecular complexity index is 379. The van der Waals surface area contributed by atoms with Crippen molar-refractivity contribution in [2.45, 2.75) is 24.7 Å². The van der Waals surface area contributed by atoms with E-state index in [2.05, 4.69) is 12.6 Å². The van der Waals surface area contributed by atoms with Crippen LogP contribution < -0.4 is 5.73 Å². The fourth-order valence-electron chi connectivity index (χ4n) is 1.56. The summed E-state index contributed by atoms with van der Waals surface area (Å²) in [6.07, 6.45) is 1.43. The molecule has 0 heterocycles. The van der Waals surface area contributed by atoms with Gasteiger partial charge >= 0.3 is 5.97 Å². The molecule has 0 saturated carbocycles. The molecule has 1 rings (SSSR count). The molecule has 0 spiro atoms. The minimum absolute atomic E-state index is 0.0960. The quantitative estimate of drug-likeness (QED) is 0.481. The predicted octanol–water partition coefficient (Wildman–Crippen LogP) is 2.30. The van der Waals surface area contributed by atoms with Crippen LogP contribution in [0.4, 0.5) is 5.69 Å². The van der Waals surface area contributed by atoms with Gasteiger partial charge in [0.2, 0.25) is 0 Å². The Kier molecular flexibility index (Phi) is 4.68. The molecule has 0 aliphatic heterocycles. The van der Waals surface area contributed by atoms with Gasteiger partial charge in [0.25, 0.3) is 0 Å². The van der Waals surface area contributed by atoms with Crippen LogP contribution in [0.2, 0.25) is 0 Å². The van der Waals surface area contributed by atoms with E-state index in [1.807, 2.05) is 25.1 Å². The monoisotopic (exact) mass is 239 g/mol. The lowest BCUT2D eigenvalue weighted by Gasteiger charge is -2.12. The Labute approximate surface area is 101 Å². The molecule has 1 atom stereocenters. The zero-order valence-electron chi connectivity index (χ0n) is 9.56. The number of methoxy groups -OCH3 is 1. The molecule has 4 heteroatoms. The molecule has 3 nitrogen and oxygen atoms in total. The number of carbonyl (C=O) groups is 1. The van der Waals surface area contributed by atoms with Crippen LogP contribution >= 0.6 is 12.6 Å². The number of thiol groups is 1. The number of anilines is 1. The van der Waals surface area contributed by atoms with E-state index >= 15 is 0 Å². The van der Waals surface area contributed by atoms with Crippen LogP contribution in [-0.4, -0.2) is 13.1 Å². The van der Waals surface area contributed by atoms with Gasteiger partial charge in [-0.25, -0.2) is 0 Å². The summed E-state index contributed by atoms with van der Waals surface area (Å²) in [5.74, 6) is -0.263. The summed E-state index contributed by atoms with van der Waals surface area (Å²) in [6.45, 7) is 1.97. The molecule has 1 unspecified atom stereocenters. The summed E-state index contributed by atoms with van der Waals surface area (Å²) < 4.78 is 4.75. The molecular weight excluding hydrogens is 222 g/mol. The van der Waals surface area contributed by atoms with Gasteiger partial charge in [-0.05, 0) is 30.5 Å². The second-order valence-electron chi connectivity index (χ2n) is 3.73. The average molecular weight is 239 g/mol. The number of nitrogen functional groups attached to an aromatic ring is 1. The normalized spacial score (nSPS) is 12.2. The van der Waals surface area contributed by atoms with E-state index < -0.39 is 0 Å². The Balaban J connectivity index is 2.78. The summed E-state index contributed by atoms with van der Waals surface area (Å²) in [5, 5.41) is 0. The maximum Gasteiger partial charge on any atom is 0.308 e. The van der Waals surface area contributed by atoms with Crippen molar-refractivity contribution in [3.8, 4) is 0 Å². The molecule has 1 aromatic carbocycles. The third-order valence-electron chi connectivity index (χ3n) is 2.60. The van der Waals surface area contributed by atoms with Gasteiger partial charge in [0.05, 0.1) is 13.0 Å². The molecule has 16 heavy (non-hydrogen) atoms. The molecule has 88 valence electrons. The van der Waals surface area contributed by atoms with Crippen molar-refractivity contribution in [2.75, 3.05) is 12.8 Å². The van der Waals surface area contributed by atoms with E-state index in [4.69, 9.17) is 10.5 Å². The van der Waals surface area contributed by atoms with Crippen LogP contribution in [0.15, 0.2) is 23.1 Å². The second-order valence-corrected chi connectivity index (χ2v) is 4.21. The Morgan fingerprint density at radius 2 is 2.25 bits per heavy atom. The molecule has 0 aliphatic carbocycles. The van der Waals surface area contributed by atoms with Gasteiger partial charge in [-0.2, -0.15) is 0 Å². The van der Waals surface area contributed by atoms with Crippen molar-refractivity contribution >= 4 is 24.3 Å². The first-order valence-corrected chi connectivity index (χ1v) is 5.68. The lowest BCUT2D eigenvalue weighted by molar-refractivity contribution is -0.145. The van der Waals surface area contributed by atoms with Crippen LogP contribution in [0.3, 0.4) is 0 Å². The summed E-state index contributed by atoms with van der Waals surface area (Å²) in [5.41, 5.74) is 7.37. The van der Waals surface area contributed by atoms with Crippen molar-refractivity contribution in [3.63, 3.8) is 0 Å². The first-order chi connectivity index (χ1) is 7.58. The molecule has 0 saturated heterocycles. The highest BCUT2D eigenvalue weighted by molar-refractivity contribution is 7.80. The van der Waals surface area contributed by atoms with Crippen molar-refractivity contribution in [1.29, 1.82) is 0 Å². The number of hydrogen-bond acceptors (Lipinski definition) is 4. The lowest BCUT2D eigenvalue weighted by Crippen LogP contribution is -2.17. The number of nitrogens with two attached hydrogens (primary N) is 1. The highest BCUT2D eigenvalue weighted by atomic mass is 32.1. The van der Waals surface area contributed by atoms with Crippen molar-refractivity contribution in [2.24, 2.45) is 5.92 Å². The van der Waals surface area contributed by atoms with Crippen molar-refractivity contribution in [1.82, 2.24) is 0 Å². The zero-order chi connectivity index (χ0) is 12.1. The van der Waals surface area contributed by atoms with Crippen LogP contribution in [0.25, 0.3) is 0 Å². The highest BCUT2D eigenvalue weighted by Gasteiger charge is 2.17. The van der Waals surface area contributed by atoms with Crippen molar-refractivity contribution in [3.05, 3.63) is 23.8 Å². The number of esters is 1. The molecule has 0 aromatic heterocycles. The van der Waals surface area contributed by atoms with E-state index in [0.717, 1.165) is 16.9 Å².